The molecule has 0 fully saturated rings. The number of phenolic OH excluding ortho intramolecular Hbond substituents is 1. The average molecular weight is 404 g/mol. The van der Waals surface area contributed by atoms with Crippen LogP contribution >= 0.6 is 22.9 Å². The molecule has 3 aromatic carbocycles. The van der Waals surface area contributed by atoms with E-state index < -0.39 is 0 Å². The Balaban J connectivity index is 1.83. The minimum absolute atomic E-state index is 0.206. The summed E-state index contributed by atoms with van der Waals surface area (Å²) in [5, 5.41) is 17.9. The van der Waals surface area contributed by atoms with Gasteiger partial charge in [0.15, 0.2) is 5.76 Å². The fourth-order valence-corrected chi connectivity index (χ4v) is 4.54. The number of benzene rings is 3. The van der Waals surface area contributed by atoms with E-state index in [1.54, 1.807) is 23.5 Å². The number of halogens is 1. The molecule has 0 amide bonds. The van der Waals surface area contributed by atoms with Crippen LogP contribution in [0.25, 0.3) is 43.8 Å². The number of aromatic nitrogens is 1. The van der Waals surface area contributed by atoms with Gasteiger partial charge >= 0.3 is 0 Å². The first kappa shape index (κ1) is 17.0. The quantitative estimate of drug-likeness (QED) is 0.345. The van der Waals surface area contributed by atoms with Crippen LogP contribution in [0.5, 0.6) is 5.75 Å². The molecular weight excluding hydrogens is 390 g/mol. The van der Waals surface area contributed by atoms with Gasteiger partial charge in [0.1, 0.15) is 11.4 Å². The van der Waals surface area contributed by atoms with E-state index >= 15 is 0 Å². The molecule has 0 radical (unpaired) electrons. The highest BCUT2D eigenvalue weighted by Crippen LogP contribution is 2.45. The third-order valence-electron chi connectivity index (χ3n) is 4.70. The van der Waals surface area contributed by atoms with Crippen LogP contribution in [-0.4, -0.2) is 10.3 Å². The third-order valence-corrected chi connectivity index (χ3v) is 5.99. The molecule has 136 valence electrons. The van der Waals surface area contributed by atoms with Crippen molar-refractivity contribution >= 4 is 33.0 Å². The summed E-state index contributed by atoms with van der Waals surface area (Å²) in [7, 11) is 0. The van der Waals surface area contributed by atoms with Crippen molar-refractivity contribution in [3.05, 3.63) is 83.2 Å². The Bertz CT molecular complexity index is 1290. The Labute approximate surface area is 170 Å². The molecule has 3 nitrogen and oxygen atoms in total. The summed E-state index contributed by atoms with van der Waals surface area (Å²) in [5.41, 5.74) is 4.32. The monoisotopic (exact) mass is 403 g/mol. The molecule has 1 N–H and O–H groups in total. The van der Waals surface area contributed by atoms with E-state index in [1.165, 1.54) is 4.70 Å². The van der Waals surface area contributed by atoms with Gasteiger partial charge in [0.2, 0.25) is 0 Å². The Kier molecular flexibility index (Phi) is 4.15. The van der Waals surface area contributed by atoms with Crippen LogP contribution in [0.15, 0.2) is 82.7 Å². The number of thiophene rings is 1. The van der Waals surface area contributed by atoms with E-state index in [4.69, 9.17) is 16.1 Å². The standard InChI is InChI=1S/C23H14ClNO2S/c24-19-7-3-1-6-17(19)22-21(18-13-28-20-8-4-2-5-16(18)20)23(27-25-22)14-9-11-15(26)12-10-14/h1-13,26H. The van der Waals surface area contributed by atoms with Crippen LogP contribution in [-0.2, 0) is 0 Å². The van der Waals surface area contributed by atoms with Gasteiger partial charge < -0.3 is 9.63 Å². The molecule has 28 heavy (non-hydrogen) atoms. The molecule has 0 aliphatic rings. The zero-order valence-electron chi connectivity index (χ0n) is 14.6. The van der Waals surface area contributed by atoms with Crippen molar-refractivity contribution in [1.29, 1.82) is 0 Å². The molecule has 0 saturated heterocycles. The van der Waals surface area contributed by atoms with Crippen molar-refractivity contribution in [3.8, 4) is 39.5 Å². The predicted molar refractivity (Wildman–Crippen MR) is 115 cm³/mol. The van der Waals surface area contributed by atoms with E-state index in [9.17, 15) is 5.11 Å². The van der Waals surface area contributed by atoms with Gasteiger partial charge in [0.25, 0.3) is 0 Å². The Morgan fingerprint density at radius 1 is 0.857 bits per heavy atom. The lowest BCUT2D eigenvalue weighted by Gasteiger charge is -2.06. The van der Waals surface area contributed by atoms with Crippen LogP contribution < -0.4 is 0 Å². The van der Waals surface area contributed by atoms with Crippen LogP contribution in [0.3, 0.4) is 0 Å². The van der Waals surface area contributed by atoms with E-state index in [0.29, 0.717) is 16.5 Å². The van der Waals surface area contributed by atoms with Gasteiger partial charge in [-0.05, 0) is 36.4 Å². The maximum Gasteiger partial charge on any atom is 0.175 e. The highest BCUT2D eigenvalue weighted by atomic mass is 35.5. The topological polar surface area (TPSA) is 46.3 Å². The molecule has 0 aliphatic heterocycles. The highest BCUT2D eigenvalue weighted by molar-refractivity contribution is 7.17. The lowest BCUT2D eigenvalue weighted by atomic mass is 9.96. The largest absolute Gasteiger partial charge is 0.508 e. The highest BCUT2D eigenvalue weighted by Gasteiger charge is 2.24. The minimum Gasteiger partial charge on any atom is -0.508 e. The van der Waals surface area contributed by atoms with E-state index in [0.717, 1.165) is 27.6 Å². The molecule has 5 heteroatoms. The van der Waals surface area contributed by atoms with Crippen molar-refractivity contribution in [1.82, 2.24) is 5.16 Å². The smallest absolute Gasteiger partial charge is 0.175 e. The normalized spacial score (nSPS) is 11.2. The molecule has 0 aliphatic carbocycles. The average Bonchev–Trinajstić information content (AvgIpc) is 3.33. The van der Waals surface area contributed by atoms with Crippen LogP contribution in [0, 0.1) is 0 Å². The van der Waals surface area contributed by atoms with Crippen molar-refractivity contribution < 1.29 is 9.63 Å². The van der Waals surface area contributed by atoms with Gasteiger partial charge in [-0.25, -0.2) is 0 Å². The molecule has 2 heterocycles. The summed E-state index contributed by atoms with van der Waals surface area (Å²) >= 11 is 8.16. The minimum atomic E-state index is 0.206. The SMILES string of the molecule is Oc1ccc(-c2onc(-c3ccccc3Cl)c2-c2csc3ccccc23)cc1. The first-order valence-electron chi connectivity index (χ1n) is 8.73. The van der Waals surface area contributed by atoms with Gasteiger partial charge in [-0.3, -0.25) is 0 Å². The summed E-state index contributed by atoms with van der Waals surface area (Å²) in [6, 6.07) is 22.8. The van der Waals surface area contributed by atoms with Crippen molar-refractivity contribution in [2.45, 2.75) is 0 Å². The maximum atomic E-state index is 9.66. The fraction of sp³-hybridized carbons (Fsp3) is 0. The van der Waals surface area contributed by atoms with Crippen molar-refractivity contribution in [2.24, 2.45) is 0 Å². The lowest BCUT2D eigenvalue weighted by Crippen LogP contribution is -1.85. The Morgan fingerprint density at radius 2 is 1.61 bits per heavy atom. The first-order valence-corrected chi connectivity index (χ1v) is 9.99. The van der Waals surface area contributed by atoms with Crippen molar-refractivity contribution in [2.75, 3.05) is 0 Å². The van der Waals surface area contributed by atoms with Gasteiger partial charge in [-0.15, -0.1) is 11.3 Å². The number of hydrogen-bond acceptors (Lipinski definition) is 4. The number of fused-ring (bicyclic) bond motifs is 1. The molecular formula is C23H14ClNO2S. The first-order chi connectivity index (χ1) is 13.7. The lowest BCUT2D eigenvalue weighted by molar-refractivity contribution is 0.435. The number of aromatic hydroxyl groups is 1. The van der Waals surface area contributed by atoms with E-state index in [2.05, 4.69) is 22.7 Å². The summed E-state index contributed by atoms with van der Waals surface area (Å²) in [4.78, 5) is 0. The van der Waals surface area contributed by atoms with E-state index in [1.807, 2.05) is 48.5 Å². The van der Waals surface area contributed by atoms with Gasteiger partial charge in [0.05, 0.1) is 10.6 Å². The number of rotatable bonds is 3. The fourth-order valence-electron chi connectivity index (χ4n) is 3.36. The van der Waals surface area contributed by atoms with Crippen LogP contribution in [0.1, 0.15) is 0 Å². The maximum absolute atomic E-state index is 9.66. The van der Waals surface area contributed by atoms with Crippen molar-refractivity contribution in [3.63, 3.8) is 0 Å². The molecule has 0 spiro atoms. The molecule has 0 atom stereocenters. The summed E-state index contributed by atoms with van der Waals surface area (Å²) in [5.74, 6) is 0.857. The Hall–Kier alpha value is -3.08. The van der Waals surface area contributed by atoms with E-state index in [-0.39, 0.29) is 5.75 Å². The number of phenols is 1. The van der Waals surface area contributed by atoms with Gasteiger partial charge in [-0.2, -0.15) is 0 Å². The zero-order chi connectivity index (χ0) is 19.1. The van der Waals surface area contributed by atoms with Gasteiger partial charge in [-0.1, -0.05) is 53.2 Å². The summed E-state index contributed by atoms with van der Waals surface area (Å²) < 4.78 is 7.01. The summed E-state index contributed by atoms with van der Waals surface area (Å²) in [6.07, 6.45) is 0. The zero-order valence-corrected chi connectivity index (χ0v) is 16.2. The summed E-state index contributed by atoms with van der Waals surface area (Å²) in [6.45, 7) is 0. The second-order valence-electron chi connectivity index (χ2n) is 6.41. The molecule has 5 aromatic rings. The van der Waals surface area contributed by atoms with Crippen LogP contribution in [0.2, 0.25) is 5.02 Å². The molecule has 2 aromatic heterocycles. The molecule has 5 rings (SSSR count). The number of hydrogen-bond donors (Lipinski definition) is 1. The Morgan fingerprint density at radius 3 is 2.43 bits per heavy atom. The van der Waals surface area contributed by atoms with Crippen LogP contribution in [0.4, 0.5) is 0 Å². The molecule has 0 bridgehead atoms. The second kappa shape index (κ2) is 6.82. The second-order valence-corrected chi connectivity index (χ2v) is 7.73. The molecule has 0 unspecified atom stereocenters. The third kappa shape index (κ3) is 2.78. The predicted octanol–water partition coefficient (Wildman–Crippen LogP) is 7.25. The molecule has 0 saturated carbocycles. The number of nitrogens with zero attached hydrogens (tertiary/aromatic N) is 1. The van der Waals surface area contributed by atoms with Gasteiger partial charge in [0, 0.05) is 32.2 Å².